The lowest BCUT2D eigenvalue weighted by Crippen LogP contribution is -2.43. The van der Waals surface area contributed by atoms with E-state index in [1.165, 1.54) is 11.3 Å². The second-order valence-electron chi connectivity index (χ2n) is 5.11. The Kier molecular flexibility index (Phi) is 3.52. The van der Waals surface area contributed by atoms with Gasteiger partial charge in [0.1, 0.15) is 5.01 Å². The number of nitrogens with zero attached hydrogens (tertiary/aromatic N) is 2. The van der Waals surface area contributed by atoms with Crippen LogP contribution in [0.1, 0.15) is 21.5 Å². The number of thiazole rings is 1. The highest BCUT2D eigenvalue weighted by Crippen LogP contribution is 2.37. The minimum absolute atomic E-state index is 0.0538. The van der Waals surface area contributed by atoms with Crippen LogP contribution in [-0.4, -0.2) is 10.9 Å². The molecule has 0 aliphatic carbocycles. The zero-order chi connectivity index (χ0) is 15.8. The third-order valence-corrected chi connectivity index (χ3v) is 4.80. The van der Waals surface area contributed by atoms with Gasteiger partial charge in [-0.15, -0.1) is 11.3 Å². The molecule has 114 valence electrons. The number of carbonyl (C=O) groups excluding carboxylic acids is 1. The molecule has 2 heterocycles. The van der Waals surface area contributed by atoms with E-state index >= 15 is 0 Å². The molecule has 1 amide bonds. The highest BCUT2D eigenvalue weighted by molar-refractivity contribution is 7.09. The van der Waals surface area contributed by atoms with Crippen LogP contribution in [0.3, 0.4) is 0 Å². The molecule has 0 radical (unpaired) electrons. The number of nitrogens with one attached hydrogen (secondary N) is 1. The van der Waals surface area contributed by atoms with Crippen LogP contribution >= 0.6 is 22.9 Å². The first-order valence-corrected chi connectivity index (χ1v) is 8.34. The standard InChI is InChI=1S/C17H12ClN3OS/c18-11-5-7-12(8-6-11)21-15(16-19-9-10-23-16)20-14-4-2-1-3-13(14)17(21)22/h1-10,15,20H. The number of halogens is 1. The van der Waals surface area contributed by atoms with Crippen molar-refractivity contribution in [2.45, 2.75) is 6.17 Å². The summed E-state index contributed by atoms with van der Waals surface area (Å²) in [7, 11) is 0. The number of amides is 1. The fourth-order valence-electron chi connectivity index (χ4n) is 2.66. The average Bonchev–Trinajstić information content (AvgIpc) is 3.10. The number of hydrogen-bond donors (Lipinski definition) is 1. The third-order valence-electron chi connectivity index (χ3n) is 3.72. The number of benzene rings is 2. The first-order chi connectivity index (χ1) is 11.2. The van der Waals surface area contributed by atoms with Crippen molar-refractivity contribution in [3.8, 4) is 0 Å². The number of fused-ring (bicyclic) bond motifs is 1. The fourth-order valence-corrected chi connectivity index (χ4v) is 3.47. The third kappa shape index (κ3) is 2.48. The fraction of sp³-hybridized carbons (Fsp3) is 0.0588. The summed E-state index contributed by atoms with van der Waals surface area (Å²) in [6.45, 7) is 0. The van der Waals surface area contributed by atoms with Gasteiger partial charge >= 0.3 is 0 Å². The van der Waals surface area contributed by atoms with E-state index in [4.69, 9.17) is 11.6 Å². The van der Waals surface area contributed by atoms with Gasteiger partial charge in [0.05, 0.1) is 5.56 Å². The summed E-state index contributed by atoms with van der Waals surface area (Å²) in [5.74, 6) is -0.0538. The molecule has 6 heteroatoms. The van der Waals surface area contributed by atoms with E-state index in [1.807, 2.05) is 41.8 Å². The van der Waals surface area contributed by atoms with E-state index in [0.29, 0.717) is 10.6 Å². The zero-order valence-corrected chi connectivity index (χ0v) is 13.5. The van der Waals surface area contributed by atoms with E-state index in [0.717, 1.165) is 16.4 Å². The Morgan fingerprint density at radius 1 is 1.13 bits per heavy atom. The Labute approximate surface area is 142 Å². The number of rotatable bonds is 2. The van der Waals surface area contributed by atoms with Gasteiger partial charge in [-0.2, -0.15) is 0 Å². The highest BCUT2D eigenvalue weighted by atomic mass is 35.5. The molecule has 2 aromatic carbocycles. The van der Waals surface area contributed by atoms with Crippen molar-refractivity contribution in [3.05, 3.63) is 75.7 Å². The smallest absolute Gasteiger partial charge is 0.262 e. The average molecular weight is 342 g/mol. The number of carbonyl (C=O) groups is 1. The van der Waals surface area contributed by atoms with Gasteiger partial charge in [-0.05, 0) is 36.4 Å². The molecule has 1 N–H and O–H groups in total. The summed E-state index contributed by atoms with van der Waals surface area (Å²) >= 11 is 7.49. The molecule has 23 heavy (non-hydrogen) atoms. The maximum Gasteiger partial charge on any atom is 0.262 e. The SMILES string of the molecule is O=C1c2ccccc2NC(c2nccs2)N1c1ccc(Cl)cc1. The molecule has 0 spiro atoms. The van der Waals surface area contributed by atoms with Crippen molar-refractivity contribution in [1.82, 2.24) is 4.98 Å². The molecule has 1 atom stereocenters. The predicted octanol–water partition coefficient (Wildman–Crippen LogP) is 4.57. The van der Waals surface area contributed by atoms with Crippen molar-refractivity contribution in [2.24, 2.45) is 0 Å². The van der Waals surface area contributed by atoms with Crippen LogP contribution in [-0.2, 0) is 0 Å². The molecule has 1 unspecified atom stereocenters. The van der Waals surface area contributed by atoms with E-state index in [2.05, 4.69) is 10.3 Å². The Morgan fingerprint density at radius 3 is 2.65 bits per heavy atom. The Bertz CT molecular complexity index is 849. The molecular formula is C17H12ClN3OS. The lowest BCUT2D eigenvalue weighted by Gasteiger charge is -2.36. The van der Waals surface area contributed by atoms with Crippen LogP contribution in [0.25, 0.3) is 0 Å². The van der Waals surface area contributed by atoms with Gasteiger partial charge in [-0.3, -0.25) is 9.69 Å². The normalized spacial score (nSPS) is 16.8. The van der Waals surface area contributed by atoms with Gasteiger partial charge in [0.2, 0.25) is 0 Å². The summed E-state index contributed by atoms with van der Waals surface area (Å²) < 4.78 is 0. The largest absolute Gasteiger partial charge is 0.359 e. The van der Waals surface area contributed by atoms with Crippen LogP contribution in [0, 0.1) is 0 Å². The van der Waals surface area contributed by atoms with Crippen molar-refractivity contribution < 1.29 is 4.79 Å². The Balaban J connectivity index is 1.85. The molecule has 1 aromatic heterocycles. The lowest BCUT2D eigenvalue weighted by atomic mass is 10.1. The van der Waals surface area contributed by atoms with E-state index in [1.54, 1.807) is 23.2 Å². The van der Waals surface area contributed by atoms with Gasteiger partial charge in [-0.25, -0.2) is 4.98 Å². The number of hydrogen-bond acceptors (Lipinski definition) is 4. The van der Waals surface area contributed by atoms with Crippen molar-refractivity contribution >= 4 is 40.2 Å². The monoisotopic (exact) mass is 341 g/mol. The number of anilines is 2. The summed E-state index contributed by atoms with van der Waals surface area (Å²) in [6, 6.07) is 14.8. The first-order valence-electron chi connectivity index (χ1n) is 7.08. The van der Waals surface area contributed by atoms with Crippen LogP contribution < -0.4 is 10.2 Å². The summed E-state index contributed by atoms with van der Waals surface area (Å²) in [5, 5.41) is 6.79. The molecule has 0 saturated heterocycles. The van der Waals surface area contributed by atoms with Crippen LogP contribution in [0.4, 0.5) is 11.4 Å². The predicted molar refractivity (Wildman–Crippen MR) is 93.2 cm³/mol. The molecule has 4 rings (SSSR count). The van der Waals surface area contributed by atoms with Gasteiger partial charge in [0, 0.05) is 28.0 Å². The van der Waals surface area contributed by atoms with Crippen LogP contribution in [0.5, 0.6) is 0 Å². The van der Waals surface area contributed by atoms with Crippen LogP contribution in [0.15, 0.2) is 60.1 Å². The summed E-state index contributed by atoms with van der Waals surface area (Å²) in [5.41, 5.74) is 2.25. The molecule has 1 aliphatic heterocycles. The quantitative estimate of drug-likeness (QED) is 0.742. The highest BCUT2D eigenvalue weighted by Gasteiger charge is 2.35. The Morgan fingerprint density at radius 2 is 1.91 bits per heavy atom. The van der Waals surface area contributed by atoms with E-state index in [9.17, 15) is 4.79 Å². The second-order valence-corrected chi connectivity index (χ2v) is 6.48. The minimum atomic E-state index is -0.335. The Hall–Kier alpha value is -2.37. The van der Waals surface area contributed by atoms with E-state index < -0.39 is 0 Å². The number of aromatic nitrogens is 1. The number of para-hydroxylation sites is 1. The molecular weight excluding hydrogens is 330 g/mol. The van der Waals surface area contributed by atoms with Crippen molar-refractivity contribution in [1.29, 1.82) is 0 Å². The first kappa shape index (κ1) is 14.2. The van der Waals surface area contributed by atoms with Gasteiger partial charge < -0.3 is 5.32 Å². The zero-order valence-electron chi connectivity index (χ0n) is 11.9. The molecule has 4 nitrogen and oxygen atoms in total. The van der Waals surface area contributed by atoms with Crippen molar-refractivity contribution in [2.75, 3.05) is 10.2 Å². The van der Waals surface area contributed by atoms with Gasteiger partial charge in [0.15, 0.2) is 6.17 Å². The topological polar surface area (TPSA) is 45.2 Å². The van der Waals surface area contributed by atoms with Gasteiger partial charge in [-0.1, -0.05) is 23.7 Å². The van der Waals surface area contributed by atoms with Crippen LogP contribution in [0.2, 0.25) is 5.02 Å². The second kappa shape index (κ2) is 5.68. The maximum absolute atomic E-state index is 13.0. The summed E-state index contributed by atoms with van der Waals surface area (Å²) in [4.78, 5) is 19.1. The molecule has 3 aromatic rings. The van der Waals surface area contributed by atoms with Crippen molar-refractivity contribution in [3.63, 3.8) is 0 Å². The van der Waals surface area contributed by atoms with E-state index in [-0.39, 0.29) is 12.1 Å². The lowest BCUT2D eigenvalue weighted by molar-refractivity contribution is 0.0975. The molecule has 1 aliphatic rings. The molecule has 0 fully saturated rings. The molecule has 0 bridgehead atoms. The maximum atomic E-state index is 13.0. The van der Waals surface area contributed by atoms with Gasteiger partial charge in [0.25, 0.3) is 5.91 Å². The minimum Gasteiger partial charge on any atom is -0.359 e. The summed E-state index contributed by atoms with van der Waals surface area (Å²) in [6.07, 6.45) is 1.41. The molecule has 0 saturated carbocycles.